The molecule has 1 N–H and O–H groups in total. The number of carbonyl (C=O) groups excluding carboxylic acids is 2. The van der Waals surface area contributed by atoms with Gasteiger partial charge < -0.3 is 10.1 Å². The van der Waals surface area contributed by atoms with Gasteiger partial charge in [-0.25, -0.2) is 9.18 Å². The van der Waals surface area contributed by atoms with Gasteiger partial charge in [0, 0.05) is 6.04 Å². The molecule has 1 aliphatic carbocycles. The Morgan fingerprint density at radius 1 is 1.30 bits per heavy atom. The van der Waals surface area contributed by atoms with E-state index in [0.29, 0.717) is 17.4 Å². The van der Waals surface area contributed by atoms with E-state index in [1.54, 1.807) is 6.92 Å². The quantitative estimate of drug-likeness (QED) is 0.866. The van der Waals surface area contributed by atoms with Crippen LogP contribution in [0.4, 0.5) is 4.39 Å². The van der Waals surface area contributed by atoms with Gasteiger partial charge in [-0.1, -0.05) is 32.8 Å². The monoisotopic (exact) mass is 321 g/mol. The average Bonchev–Trinajstić information content (AvgIpc) is 2.52. The van der Waals surface area contributed by atoms with Crippen LogP contribution in [0.1, 0.15) is 49.0 Å². The molecule has 1 saturated carbocycles. The molecular formula is C18H24FNO3. The number of benzene rings is 1. The van der Waals surface area contributed by atoms with Crippen LogP contribution in [-0.4, -0.2) is 24.5 Å². The SMILES string of the molecule is Cc1ccc(C(=O)OCC(=O)N[C@@H]2CCC[C@H](C)[C@H]2C)cc1F. The maximum Gasteiger partial charge on any atom is 0.338 e. The standard InChI is InChI=1S/C18H24FNO3/c1-11-5-4-6-16(13(11)3)20-17(21)10-23-18(22)14-8-7-12(2)15(19)9-14/h7-9,11,13,16H,4-6,10H2,1-3H3,(H,20,21)/t11-,13+,16+/m0/s1. The number of carbonyl (C=O) groups is 2. The Morgan fingerprint density at radius 2 is 2.04 bits per heavy atom. The van der Waals surface area contributed by atoms with E-state index in [0.717, 1.165) is 18.9 Å². The maximum absolute atomic E-state index is 13.4. The van der Waals surface area contributed by atoms with Crippen LogP contribution >= 0.6 is 0 Å². The summed E-state index contributed by atoms with van der Waals surface area (Å²) in [7, 11) is 0. The molecule has 0 spiro atoms. The van der Waals surface area contributed by atoms with Crippen molar-refractivity contribution in [3.8, 4) is 0 Å². The zero-order valence-corrected chi connectivity index (χ0v) is 13.9. The van der Waals surface area contributed by atoms with E-state index in [1.807, 2.05) is 0 Å². The molecule has 5 heteroatoms. The fourth-order valence-corrected chi connectivity index (χ4v) is 2.97. The highest BCUT2D eigenvalue weighted by Gasteiger charge is 2.28. The Kier molecular flexibility index (Phi) is 5.74. The van der Waals surface area contributed by atoms with Crippen LogP contribution in [0.25, 0.3) is 0 Å². The molecule has 0 aromatic heterocycles. The lowest BCUT2D eigenvalue weighted by Gasteiger charge is -2.34. The molecule has 1 fully saturated rings. The summed E-state index contributed by atoms with van der Waals surface area (Å²) in [6, 6.07) is 4.25. The van der Waals surface area contributed by atoms with Gasteiger partial charge >= 0.3 is 5.97 Å². The van der Waals surface area contributed by atoms with Crippen LogP contribution in [0.2, 0.25) is 0 Å². The predicted octanol–water partition coefficient (Wildman–Crippen LogP) is 3.23. The van der Waals surface area contributed by atoms with Crippen LogP contribution in [0.15, 0.2) is 18.2 Å². The first-order valence-corrected chi connectivity index (χ1v) is 8.11. The molecule has 2 rings (SSSR count). The van der Waals surface area contributed by atoms with Gasteiger partial charge in [-0.05, 0) is 42.9 Å². The van der Waals surface area contributed by atoms with Crippen molar-refractivity contribution in [2.75, 3.05) is 6.61 Å². The lowest BCUT2D eigenvalue weighted by molar-refractivity contribution is -0.125. The molecule has 23 heavy (non-hydrogen) atoms. The molecule has 1 aromatic carbocycles. The third-order valence-corrected chi connectivity index (χ3v) is 4.80. The summed E-state index contributed by atoms with van der Waals surface area (Å²) in [6.07, 6.45) is 3.23. The van der Waals surface area contributed by atoms with Crippen LogP contribution in [-0.2, 0) is 9.53 Å². The van der Waals surface area contributed by atoms with Gasteiger partial charge in [0.1, 0.15) is 5.82 Å². The summed E-state index contributed by atoms with van der Waals surface area (Å²) in [4.78, 5) is 23.8. The maximum atomic E-state index is 13.4. The summed E-state index contributed by atoms with van der Waals surface area (Å²) in [5, 5.41) is 2.94. The zero-order valence-electron chi connectivity index (χ0n) is 13.9. The van der Waals surface area contributed by atoms with Crippen LogP contribution in [0.3, 0.4) is 0 Å². The summed E-state index contributed by atoms with van der Waals surface area (Å²) < 4.78 is 18.4. The van der Waals surface area contributed by atoms with E-state index in [2.05, 4.69) is 19.2 Å². The van der Waals surface area contributed by atoms with Gasteiger partial charge in [-0.15, -0.1) is 0 Å². The van der Waals surface area contributed by atoms with Gasteiger partial charge in [-0.2, -0.15) is 0 Å². The number of aryl methyl sites for hydroxylation is 1. The number of nitrogens with one attached hydrogen (secondary N) is 1. The molecule has 1 amide bonds. The van der Waals surface area contributed by atoms with Crippen LogP contribution in [0.5, 0.6) is 0 Å². The fraction of sp³-hybridized carbons (Fsp3) is 0.556. The summed E-state index contributed by atoms with van der Waals surface area (Å²) >= 11 is 0. The zero-order chi connectivity index (χ0) is 17.0. The van der Waals surface area contributed by atoms with Crippen molar-refractivity contribution in [2.45, 2.75) is 46.1 Å². The minimum Gasteiger partial charge on any atom is -0.452 e. The molecule has 0 aliphatic heterocycles. The van der Waals surface area contributed by atoms with Crippen molar-refractivity contribution in [3.05, 3.63) is 35.1 Å². The van der Waals surface area contributed by atoms with Crippen molar-refractivity contribution >= 4 is 11.9 Å². The second-order valence-corrected chi connectivity index (χ2v) is 6.48. The topological polar surface area (TPSA) is 55.4 Å². The minimum atomic E-state index is -0.691. The Bertz CT molecular complexity index is 588. The van der Waals surface area contributed by atoms with E-state index in [1.165, 1.54) is 18.6 Å². The van der Waals surface area contributed by atoms with Crippen molar-refractivity contribution in [1.29, 1.82) is 0 Å². The van der Waals surface area contributed by atoms with E-state index in [9.17, 15) is 14.0 Å². The highest BCUT2D eigenvalue weighted by Crippen LogP contribution is 2.29. The number of esters is 1. The second kappa shape index (κ2) is 7.57. The van der Waals surface area contributed by atoms with Gasteiger partial charge in [-0.3, -0.25) is 4.79 Å². The highest BCUT2D eigenvalue weighted by atomic mass is 19.1. The van der Waals surface area contributed by atoms with Gasteiger partial charge in [0.25, 0.3) is 5.91 Å². The third-order valence-electron chi connectivity index (χ3n) is 4.80. The Labute approximate surface area is 136 Å². The number of hydrogen-bond donors (Lipinski definition) is 1. The van der Waals surface area contributed by atoms with Gasteiger partial charge in [0.2, 0.25) is 0 Å². The number of halogens is 1. The Balaban J connectivity index is 1.84. The molecule has 0 saturated heterocycles. The first kappa shape index (κ1) is 17.4. The van der Waals surface area contributed by atoms with Crippen LogP contribution in [0, 0.1) is 24.6 Å². The first-order chi connectivity index (χ1) is 10.9. The number of rotatable bonds is 4. The average molecular weight is 321 g/mol. The van der Waals surface area contributed by atoms with Crippen LogP contribution < -0.4 is 5.32 Å². The molecule has 0 bridgehead atoms. The van der Waals surface area contributed by atoms with Gasteiger partial charge in [0.15, 0.2) is 6.61 Å². The first-order valence-electron chi connectivity index (χ1n) is 8.11. The Hall–Kier alpha value is -1.91. The van der Waals surface area contributed by atoms with E-state index in [-0.39, 0.29) is 24.1 Å². The number of ether oxygens (including phenoxy) is 1. The molecule has 1 aliphatic rings. The number of hydrogen-bond acceptors (Lipinski definition) is 3. The third kappa shape index (κ3) is 4.53. The molecule has 4 nitrogen and oxygen atoms in total. The summed E-state index contributed by atoms with van der Waals surface area (Å²) in [5.41, 5.74) is 0.570. The van der Waals surface area contributed by atoms with Gasteiger partial charge in [0.05, 0.1) is 5.56 Å². The smallest absolute Gasteiger partial charge is 0.338 e. The molecule has 0 heterocycles. The van der Waals surface area contributed by atoms with E-state index in [4.69, 9.17) is 4.74 Å². The molecule has 0 radical (unpaired) electrons. The second-order valence-electron chi connectivity index (χ2n) is 6.48. The summed E-state index contributed by atoms with van der Waals surface area (Å²) in [5.74, 6) is -0.475. The number of amides is 1. The predicted molar refractivity (Wildman–Crippen MR) is 85.5 cm³/mol. The van der Waals surface area contributed by atoms with E-state index < -0.39 is 11.8 Å². The lowest BCUT2D eigenvalue weighted by Crippen LogP contribution is -2.45. The van der Waals surface area contributed by atoms with Crippen molar-refractivity contribution in [1.82, 2.24) is 5.32 Å². The fourth-order valence-electron chi connectivity index (χ4n) is 2.97. The Morgan fingerprint density at radius 3 is 2.74 bits per heavy atom. The van der Waals surface area contributed by atoms with Crippen molar-refractivity contribution < 1.29 is 18.7 Å². The van der Waals surface area contributed by atoms with Crippen molar-refractivity contribution in [3.63, 3.8) is 0 Å². The largest absolute Gasteiger partial charge is 0.452 e. The molecule has 126 valence electrons. The lowest BCUT2D eigenvalue weighted by atomic mass is 9.78. The summed E-state index contributed by atoms with van der Waals surface area (Å²) in [6.45, 7) is 5.60. The van der Waals surface area contributed by atoms with Crippen molar-refractivity contribution in [2.24, 2.45) is 11.8 Å². The minimum absolute atomic E-state index is 0.112. The molecule has 0 unspecified atom stereocenters. The normalized spacial score (nSPS) is 24.1. The molecule has 3 atom stereocenters. The van der Waals surface area contributed by atoms with E-state index >= 15 is 0 Å². The highest BCUT2D eigenvalue weighted by molar-refractivity contribution is 5.91. The molecular weight excluding hydrogens is 297 g/mol. The molecule has 1 aromatic rings.